The lowest BCUT2D eigenvalue weighted by molar-refractivity contribution is -0.124. The van der Waals surface area contributed by atoms with E-state index in [4.69, 9.17) is 5.73 Å². The molecule has 136 valence electrons. The van der Waals surface area contributed by atoms with Crippen LogP contribution in [0.25, 0.3) is 0 Å². The Morgan fingerprint density at radius 1 is 1.28 bits per heavy atom. The lowest BCUT2D eigenvalue weighted by atomic mass is 9.67. The third kappa shape index (κ3) is 4.27. The van der Waals surface area contributed by atoms with Crippen LogP contribution in [0.15, 0.2) is 24.3 Å². The summed E-state index contributed by atoms with van der Waals surface area (Å²) in [6.07, 6.45) is 5.53. The number of fused-ring (bicyclic) bond motifs is 2. The van der Waals surface area contributed by atoms with Crippen molar-refractivity contribution in [2.45, 2.75) is 57.5 Å². The van der Waals surface area contributed by atoms with E-state index in [0.717, 1.165) is 25.7 Å². The number of halogens is 1. The largest absolute Gasteiger partial charge is 0.353 e. The Morgan fingerprint density at radius 2 is 1.96 bits per heavy atom. The van der Waals surface area contributed by atoms with Crippen LogP contribution in [-0.4, -0.2) is 23.8 Å². The average molecular weight is 346 g/mol. The van der Waals surface area contributed by atoms with Crippen LogP contribution in [0, 0.1) is 23.6 Å². The number of ketones is 1. The molecule has 2 aliphatic rings. The van der Waals surface area contributed by atoms with E-state index in [0.29, 0.717) is 17.4 Å². The Morgan fingerprint density at radius 3 is 2.60 bits per heavy atom. The number of nitrogens with two attached hydrogens (primary N) is 1. The molecule has 5 heteroatoms. The molecule has 3 N–H and O–H groups in total. The van der Waals surface area contributed by atoms with E-state index in [2.05, 4.69) is 5.32 Å². The first-order valence-corrected chi connectivity index (χ1v) is 9.28. The molecule has 2 aliphatic carbocycles. The summed E-state index contributed by atoms with van der Waals surface area (Å²) < 4.78 is 13.3. The molecule has 2 bridgehead atoms. The molecule has 0 saturated heterocycles. The van der Waals surface area contributed by atoms with Crippen molar-refractivity contribution < 1.29 is 14.0 Å². The summed E-state index contributed by atoms with van der Waals surface area (Å²) in [5.41, 5.74) is 6.45. The Balaban J connectivity index is 1.58. The van der Waals surface area contributed by atoms with Gasteiger partial charge in [-0.2, -0.15) is 0 Å². The van der Waals surface area contributed by atoms with Gasteiger partial charge >= 0.3 is 0 Å². The second-order valence-electron chi connectivity index (χ2n) is 7.76. The Hall–Kier alpha value is -1.75. The molecule has 3 unspecified atom stereocenters. The van der Waals surface area contributed by atoms with Gasteiger partial charge in [0, 0.05) is 30.0 Å². The van der Waals surface area contributed by atoms with Gasteiger partial charge in [-0.1, -0.05) is 25.5 Å². The average Bonchev–Trinajstić information content (AvgIpc) is 2.55. The monoisotopic (exact) mass is 346 g/mol. The highest BCUT2D eigenvalue weighted by atomic mass is 19.1. The number of hydrogen-bond donors (Lipinski definition) is 2. The van der Waals surface area contributed by atoms with Crippen LogP contribution in [0.2, 0.25) is 0 Å². The molecule has 0 aromatic heterocycles. The summed E-state index contributed by atoms with van der Waals surface area (Å²) in [6.45, 7) is 1.73. The molecular formula is C20H27FN2O2. The summed E-state index contributed by atoms with van der Waals surface area (Å²) in [6, 6.07) is 6.08. The van der Waals surface area contributed by atoms with Crippen molar-refractivity contribution in [2.24, 2.45) is 23.5 Å². The molecule has 2 saturated carbocycles. The van der Waals surface area contributed by atoms with E-state index in [1.165, 1.54) is 24.6 Å². The van der Waals surface area contributed by atoms with Crippen LogP contribution in [0.3, 0.4) is 0 Å². The maximum atomic E-state index is 13.3. The molecule has 4 nitrogen and oxygen atoms in total. The Kier molecular flexibility index (Phi) is 5.52. The molecule has 1 aromatic rings. The highest BCUT2D eigenvalue weighted by molar-refractivity contribution is 5.99. The van der Waals surface area contributed by atoms with Gasteiger partial charge in [-0.15, -0.1) is 0 Å². The number of hydrogen-bond acceptors (Lipinski definition) is 3. The first-order chi connectivity index (χ1) is 11.9. The molecular weight excluding hydrogens is 319 g/mol. The van der Waals surface area contributed by atoms with Gasteiger partial charge in [0.15, 0.2) is 5.78 Å². The molecule has 3 rings (SSSR count). The molecule has 0 radical (unpaired) electrons. The van der Waals surface area contributed by atoms with Gasteiger partial charge in [-0.25, -0.2) is 4.39 Å². The minimum Gasteiger partial charge on any atom is -0.353 e. The Bertz CT molecular complexity index is 634. The highest BCUT2D eigenvalue weighted by Crippen LogP contribution is 2.39. The van der Waals surface area contributed by atoms with Crippen molar-refractivity contribution in [1.29, 1.82) is 0 Å². The molecule has 1 amide bonds. The van der Waals surface area contributed by atoms with Crippen LogP contribution < -0.4 is 11.1 Å². The molecule has 2 fully saturated rings. The van der Waals surface area contributed by atoms with E-state index in [1.807, 2.05) is 0 Å². The van der Waals surface area contributed by atoms with E-state index in [1.54, 1.807) is 13.0 Å². The third-order valence-corrected chi connectivity index (χ3v) is 5.75. The van der Waals surface area contributed by atoms with Gasteiger partial charge in [0.1, 0.15) is 5.82 Å². The van der Waals surface area contributed by atoms with Crippen molar-refractivity contribution in [3.05, 3.63) is 35.6 Å². The lowest BCUT2D eigenvalue weighted by Crippen LogP contribution is -2.53. The zero-order valence-corrected chi connectivity index (χ0v) is 14.7. The fourth-order valence-corrected chi connectivity index (χ4v) is 4.57. The summed E-state index contributed by atoms with van der Waals surface area (Å²) in [5, 5.41) is 3.17. The van der Waals surface area contributed by atoms with Crippen LogP contribution in [0.5, 0.6) is 0 Å². The second-order valence-corrected chi connectivity index (χ2v) is 7.76. The minimum atomic E-state index is -0.465. The predicted molar refractivity (Wildman–Crippen MR) is 94.5 cm³/mol. The highest BCUT2D eigenvalue weighted by Gasteiger charge is 2.40. The van der Waals surface area contributed by atoms with E-state index < -0.39 is 11.7 Å². The van der Waals surface area contributed by atoms with Crippen molar-refractivity contribution in [2.75, 3.05) is 0 Å². The number of rotatable bonds is 5. The Labute approximate surface area is 148 Å². The van der Waals surface area contributed by atoms with Crippen LogP contribution in [-0.2, 0) is 4.79 Å². The van der Waals surface area contributed by atoms with Crippen molar-refractivity contribution in [3.8, 4) is 0 Å². The third-order valence-electron chi connectivity index (χ3n) is 5.75. The lowest BCUT2D eigenvalue weighted by Gasteiger charge is -2.45. The maximum absolute atomic E-state index is 13.3. The number of carbonyl (C=O) groups is 2. The molecule has 25 heavy (non-hydrogen) atoms. The first-order valence-electron chi connectivity index (χ1n) is 9.28. The smallest absolute Gasteiger partial charge is 0.220 e. The minimum absolute atomic E-state index is 0.0883. The zero-order chi connectivity index (χ0) is 18.0. The number of benzene rings is 1. The SMILES string of the molecule is CC(CC(=O)NC1C2CCCC1CC(N)C2)C(=O)c1cccc(F)c1. The van der Waals surface area contributed by atoms with Gasteiger partial charge in [0.25, 0.3) is 0 Å². The van der Waals surface area contributed by atoms with Crippen molar-refractivity contribution >= 4 is 11.7 Å². The molecule has 3 atom stereocenters. The molecule has 1 aromatic carbocycles. The number of Topliss-reactive ketones (excluding diaryl/α,β-unsaturated/α-hetero) is 1. The van der Waals surface area contributed by atoms with Gasteiger partial charge in [0.2, 0.25) is 5.91 Å². The fraction of sp³-hybridized carbons (Fsp3) is 0.600. The first kappa shape index (κ1) is 18.1. The second kappa shape index (κ2) is 7.65. The maximum Gasteiger partial charge on any atom is 0.220 e. The number of carbonyl (C=O) groups excluding carboxylic acids is 2. The van der Waals surface area contributed by atoms with Gasteiger partial charge in [-0.05, 0) is 49.7 Å². The zero-order valence-electron chi connectivity index (χ0n) is 14.7. The van der Waals surface area contributed by atoms with Gasteiger partial charge < -0.3 is 11.1 Å². The van der Waals surface area contributed by atoms with Crippen LogP contribution in [0.1, 0.15) is 55.8 Å². The number of amides is 1. The molecule has 0 heterocycles. The van der Waals surface area contributed by atoms with E-state index >= 15 is 0 Å². The summed E-state index contributed by atoms with van der Waals surface area (Å²) >= 11 is 0. The molecule has 0 aliphatic heterocycles. The summed E-state index contributed by atoms with van der Waals surface area (Å²) in [5.74, 6) is -0.266. The van der Waals surface area contributed by atoms with Crippen molar-refractivity contribution in [1.82, 2.24) is 5.32 Å². The topological polar surface area (TPSA) is 72.2 Å². The van der Waals surface area contributed by atoms with Crippen molar-refractivity contribution in [3.63, 3.8) is 0 Å². The fourth-order valence-electron chi connectivity index (χ4n) is 4.57. The normalized spacial score (nSPS) is 29.7. The number of nitrogens with one attached hydrogen (secondary N) is 1. The van der Waals surface area contributed by atoms with Crippen LogP contribution >= 0.6 is 0 Å². The van der Waals surface area contributed by atoms with E-state index in [-0.39, 0.29) is 30.2 Å². The van der Waals surface area contributed by atoms with Crippen LogP contribution in [0.4, 0.5) is 4.39 Å². The van der Waals surface area contributed by atoms with E-state index in [9.17, 15) is 14.0 Å². The van der Waals surface area contributed by atoms with Gasteiger partial charge in [0.05, 0.1) is 0 Å². The summed E-state index contributed by atoms with van der Waals surface area (Å²) in [7, 11) is 0. The van der Waals surface area contributed by atoms with Gasteiger partial charge in [-0.3, -0.25) is 9.59 Å². The molecule has 0 spiro atoms. The predicted octanol–water partition coefficient (Wildman–Crippen LogP) is 3.06. The summed E-state index contributed by atoms with van der Waals surface area (Å²) in [4.78, 5) is 24.9. The quantitative estimate of drug-likeness (QED) is 0.805. The standard InChI is InChI=1S/C20H27FN2O2/c1-12(20(25)15-6-3-7-16(21)9-15)8-18(24)23-19-13-4-2-5-14(19)11-17(22)10-13/h3,6-7,9,12-14,17,19H,2,4-5,8,10-11,22H2,1H3,(H,23,24).